The van der Waals surface area contributed by atoms with Crippen LogP contribution < -0.4 is 5.32 Å². The Labute approximate surface area is 184 Å². The molecule has 0 aliphatic heterocycles. The number of hydrogen-bond donors (Lipinski definition) is 1. The predicted molar refractivity (Wildman–Crippen MR) is 115 cm³/mol. The van der Waals surface area contributed by atoms with Crippen LogP contribution in [0.4, 0.5) is 13.9 Å². The lowest BCUT2D eigenvalue weighted by molar-refractivity contribution is -0.113. The summed E-state index contributed by atoms with van der Waals surface area (Å²) in [6.07, 6.45) is 0. The zero-order chi connectivity index (χ0) is 22.0. The van der Waals surface area contributed by atoms with Crippen molar-refractivity contribution in [1.29, 1.82) is 0 Å². The van der Waals surface area contributed by atoms with Gasteiger partial charge >= 0.3 is 0 Å². The maximum atomic E-state index is 13.9. The highest BCUT2D eigenvalue weighted by molar-refractivity contribution is 7.99. The third-order valence-electron chi connectivity index (χ3n) is 4.16. The molecule has 158 valence electrons. The van der Waals surface area contributed by atoms with Crippen molar-refractivity contribution in [3.05, 3.63) is 64.8 Å². The number of carbonyl (C=O) groups is 1. The molecule has 3 aromatic heterocycles. The number of hydrogen-bond acceptors (Lipinski definition) is 7. The number of nitrogens with one attached hydrogen (secondary N) is 1. The Kier molecular flexibility index (Phi) is 6.05. The molecule has 0 atom stereocenters. The van der Waals surface area contributed by atoms with E-state index in [1.807, 2.05) is 19.9 Å². The summed E-state index contributed by atoms with van der Waals surface area (Å²) in [5.41, 5.74) is 2.15. The Balaban J connectivity index is 1.35. The molecule has 1 amide bonds. The highest BCUT2D eigenvalue weighted by atomic mass is 32.2. The molecule has 4 aromatic rings. The van der Waals surface area contributed by atoms with Crippen LogP contribution in [-0.2, 0) is 4.79 Å². The minimum Gasteiger partial charge on any atom is -0.301 e. The highest BCUT2D eigenvalue weighted by Gasteiger charge is 2.13. The minimum absolute atomic E-state index is 0.0455. The number of thioether (sulfide) groups is 1. The van der Waals surface area contributed by atoms with Crippen molar-refractivity contribution in [2.45, 2.75) is 18.9 Å². The van der Waals surface area contributed by atoms with Crippen molar-refractivity contribution in [3.63, 3.8) is 0 Å². The van der Waals surface area contributed by atoms with Crippen molar-refractivity contribution in [2.24, 2.45) is 0 Å². The van der Waals surface area contributed by atoms with E-state index in [4.69, 9.17) is 0 Å². The van der Waals surface area contributed by atoms with E-state index in [1.165, 1.54) is 11.8 Å². The van der Waals surface area contributed by atoms with Gasteiger partial charge < -0.3 is 5.32 Å². The van der Waals surface area contributed by atoms with Crippen molar-refractivity contribution >= 4 is 34.1 Å². The van der Waals surface area contributed by atoms with E-state index in [-0.39, 0.29) is 22.9 Å². The molecule has 0 fully saturated rings. The number of thiazole rings is 1. The average Bonchev–Trinajstić information content (AvgIpc) is 3.34. The van der Waals surface area contributed by atoms with Crippen molar-refractivity contribution in [3.8, 4) is 17.1 Å². The van der Waals surface area contributed by atoms with Crippen molar-refractivity contribution in [2.75, 3.05) is 11.1 Å². The van der Waals surface area contributed by atoms with Crippen molar-refractivity contribution < 1.29 is 13.6 Å². The second kappa shape index (κ2) is 8.90. The van der Waals surface area contributed by atoms with Gasteiger partial charge in [-0.15, -0.1) is 21.5 Å². The predicted octanol–water partition coefficient (Wildman–Crippen LogP) is 4.41. The fourth-order valence-electron chi connectivity index (χ4n) is 2.81. The summed E-state index contributed by atoms with van der Waals surface area (Å²) < 4.78 is 29.0. The van der Waals surface area contributed by atoms with Crippen LogP contribution in [0.5, 0.6) is 0 Å². The number of benzene rings is 1. The zero-order valence-electron chi connectivity index (χ0n) is 16.5. The van der Waals surface area contributed by atoms with Crippen LogP contribution in [0.2, 0.25) is 0 Å². The Morgan fingerprint density at radius 1 is 1.16 bits per heavy atom. The van der Waals surface area contributed by atoms with E-state index in [9.17, 15) is 13.6 Å². The molecule has 3 heterocycles. The molecule has 1 aromatic carbocycles. The molecule has 0 bridgehead atoms. The first kappa shape index (κ1) is 21.1. The first-order valence-corrected chi connectivity index (χ1v) is 11.0. The first-order chi connectivity index (χ1) is 14.9. The van der Waals surface area contributed by atoms with Gasteiger partial charge in [-0.2, -0.15) is 5.10 Å². The van der Waals surface area contributed by atoms with Crippen LogP contribution in [-0.4, -0.2) is 36.6 Å². The van der Waals surface area contributed by atoms with Gasteiger partial charge in [0.15, 0.2) is 10.9 Å². The molecule has 0 aliphatic carbocycles. The molecule has 0 aliphatic rings. The van der Waals surface area contributed by atoms with Gasteiger partial charge in [-0.25, -0.2) is 18.4 Å². The number of halogens is 2. The number of amides is 1. The Morgan fingerprint density at radius 3 is 2.71 bits per heavy atom. The number of rotatable bonds is 6. The number of nitrogens with zero attached hydrogens (tertiary/aromatic N) is 5. The van der Waals surface area contributed by atoms with Gasteiger partial charge in [0.25, 0.3) is 0 Å². The quantitative estimate of drug-likeness (QED) is 0.431. The van der Waals surface area contributed by atoms with E-state index in [0.717, 1.165) is 40.9 Å². The molecule has 31 heavy (non-hydrogen) atoms. The van der Waals surface area contributed by atoms with Gasteiger partial charge in [0.2, 0.25) is 5.91 Å². The molecular weight excluding hydrogens is 442 g/mol. The van der Waals surface area contributed by atoms with E-state index >= 15 is 0 Å². The van der Waals surface area contributed by atoms with Crippen LogP contribution >= 0.6 is 23.1 Å². The zero-order valence-corrected chi connectivity index (χ0v) is 18.1. The molecule has 4 rings (SSSR count). The second-order valence-electron chi connectivity index (χ2n) is 6.57. The van der Waals surface area contributed by atoms with Gasteiger partial charge in [-0.3, -0.25) is 4.79 Å². The number of aryl methyl sites for hydroxylation is 2. The summed E-state index contributed by atoms with van der Waals surface area (Å²) in [6.45, 7) is 3.83. The van der Waals surface area contributed by atoms with E-state index in [1.54, 1.807) is 22.2 Å². The molecule has 0 saturated carbocycles. The molecule has 0 radical (unpaired) electrons. The van der Waals surface area contributed by atoms with Gasteiger partial charge in [-0.05, 0) is 50.2 Å². The SMILES string of the molecule is Cc1cc(C)n(-c2ccc(SCC(=O)Nc3nc(-c4cc(F)ccc4F)cs3)nn2)n1. The summed E-state index contributed by atoms with van der Waals surface area (Å²) >= 11 is 2.35. The number of aromatic nitrogens is 5. The van der Waals surface area contributed by atoms with E-state index in [0.29, 0.717) is 16.0 Å². The number of carbonyl (C=O) groups excluding carboxylic acids is 1. The average molecular weight is 459 g/mol. The third kappa shape index (κ3) is 4.94. The summed E-state index contributed by atoms with van der Waals surface area (Å²) in [6, 6.07) is 8.65. The van der Waals surface area contributed by atoms with Crippen LogP contribution in [0.25, 0.3) is 17.1 Å². The summed E-state index contributed by atoms with van der Waals surface area (Å²) in [5.74, 6) is -0.745. The monoisotopic (exact) mass is 458 g/mol. The Morgan fingerprint density at radius 2 is 2.00 bits per heavy atom. The molecule has 0 spiro atoms. The molecular formula is C20H16F2N6OS2. The normalized spacial score (nSPS) is 11.0. The summed E-state index contributed by atoms with van der Waals surface area (Å²) in [7, 11) is 0. The molecule has 0 saturated heterocycles. The van der Waals surface area contributed by atoms with Crippen LogP contribution in [0, 0.1) is 25.5 Å². The minimum atomic E-state index is -0.581. The van der Waals surface area contributed by atoms with Crippen LogP contribution in [0.3, 0.4) is 0 Å². The molecule has 11 heteroatoms. The number of anilines is 1. The summed E-state index contributed by atoms with van der Waals surface area (Å²) in [4.78, 5) is 16.4. The Bertz CT molecular complexity index is 1240. The lowest BCUT2D eigenvalue weighted by Gasteiger charge is -2.04. The fraction of sp³-hybridized carbons (Fsp3) is 0.150. The van der Waals surface area contributed by atoms with Gasteiger partial charge in [0.1, 0.15) is 16.7 Å². The van der Waals surface area contributed by atoms with Gasteiger partial charge in [0, 0.05) is 16.6 Å². The molecule has 1 N–H and O–H groups in total. The third-order valence-corrected chi connectivity index (χ3v) is 5.84. The molecule has 7 nitrogen and oxygen atoms in total. The topological polar surface area (TPSA) is 85.6 Å². The standard InChI is InChI=1S/C20H16F2N6OS2/c1-11-7-12(2)28(27-11)17-5-6-19(26-25-17)30-10-18(29)24-20-23-16(9-31-20)14-8-13(21)3-4-15(14)22/h3-9H,10H2,1-2H3,(H,23,24,29). The van der Waals surface area contributed by atoms with Crippen molar-refractivity contribution in [1.82, 2.24) is 25.0 Å². The smallest absolute Gasteiger partial charge is 0.236 e. The maximum absolute atomic E-state index is 13.9. The highest BCUT2D eigenvalue weighted by Crippen LogP contribution is 2.28. The maximum Gasteiger partial charge on any atom is 0.236 e. The second-order valence-corrected chi connectivity index (χ2v) is 8.42. The lowest BCUT2D eigenvalue weighted by atomic mass is 10.1. The largest absolute Gasteiger partial charge is 0.301 e. The fourth-order valence-corrected chi connectivity index (χ4v) is 4.15. The Hall–Kier alpha value is -3.18. The summed E-state index contributed by atoms with van der Waals surface area (Å²) in [5, 5.41) is 17.7. The first-order valence-electron chi connectivity index (χ1n) is 9.10. The molecule has 0 unspecified atom stereocenters. The van der Waals surface area contributed by atoms with E-state index in [2.05, 4.69) is 25.6 Å². The van der Waals surface area contributed by atoms with Crippen LogP contribution in [0.15, 0.2) is 46.8 Å². The van der Waals surface area contributed by atoms with Gasteiger partial charge in [0.05, 0.1) is 17.1 Å². The van der Waals surface area contributed by atoms with Gasteiger partial charge in [-0.1, -0.05) is 11.8 Å². The van der Waals surface area contributed by atoms with Crippen LogP contribution in [0.1, 0.15) is 11.4 Å². The lowest BCUT2D eigenvalue weighted by Crippen LogP contribution is -2.14. The van der Waals surface area contributed by atoms with E-state index < -0.39 is 11.6 Å².